The highest BCUT2D eigenvalue weighted by molar-refractivity contribution is 6.01. The lowest BCUT2D eigenvalue weighted by Crippen LogP contribution is -2.43. The quantitative estimate of drug-likeness (QED) is 0.848. The highest BCUT2D eigenvalue weighted by atomic mass is 16.6. The predicted octanol–water partition coefficient (Wildman–Crippen LogP) is 2.82. The van der Waals surface area contributed by atoms with Gasteiger partial charge in [-0.2, -0.15) is 0 Å². The minimum atomic E-state index is -0.565. The second-order valence-electron chi connectivity index (χ2n) is 5.98. The van der Waals surface area contributed by atoms with E-state index in [4.69, 9.17) is 15.3 Å². The van der Waals surface area contributed by atoms with Crippen LogP contribution in [0.15, 0.2) is 59.8 Å². The molecule has 2 amide bonds. The van der Waals surface area contributed by atoms with E-state index in [0.29, 0.717) is 13.0 Å². The first kappa shape index (κ1) is 16.8. The number of carbonyl (C=O) groups excluding carboxylic acids is 1. The molecule has 0 aromatic heterocycles. The van der Waals surface area contributed by atoms with Gasteiger partial charge in [-0.05, 0) is 42.3 Å². The number of primary amides is 1. The Morgan fingerprint density at radius 1 is 1.28 bits per heavy atom. The monoisotopic (exact) mass is 339 g/mol. The number of urea groups is 1. The van der Waals surface area contributed by atoms with Crippen LogP contribution < -0.4 is 15.8 Å². The van der Waals surface area contributed by atoms with Crippen molar-refractivity contribution >= 4 is 11.7 Å². The van der Waals surface area contributed by atoms with Crippen LogP contribution in [0.4, 0.5) is 4.79 Å². The van der Waals surface area contributed by atoms with E-state index in [-0.39, 0.29) is 12.1 Å². The van der Waals surface area contributed by atoms with Gasteiger partial charge in [0.25, 0.3) is 0 Å². The number of carbonyl (C=O) groups is 1. The molecule has 3 N–H and O–H groups in total. The van der Waals surface area contributed by atoms with E-state index < -0.39 is 6.03 Å². The second-order valence-corrected chi connectivity index (χ2v) is 5.98. The molecule has 0 radical (unpaired) electrons. The van der Waals surface area contributed by atoms with Gasteiger partial charge in [-0.3, -0.25) is 0 Å². The molecule has 1 aliphatic rings. The molecule has 130 valence electrons. The third-order valence-electron chi connectivity index (χ3n) is 4.06. The van der Waals surface area contributed by atoms with Gasteiger partial charge in [-0.15, -0.1) is 0 Å². The zero-order chi connectivity index (χ0) is 17.6. The van der Waals surface area contributed by atoms with Gasteiger partial charge in [0.1, 0.15) is 12.4 Å². The number of benzene rings is 2. The molecule has 0 aliphatic carbocycles. The van der Waals surface area contributed by atoms with Crippen molar-refractivity contribution in [1.82, 2.24) is 5.32 Å². The number of hydrogen-bond acceptors (Lipinski definition) is 4. The summed E-state index contributed by atoms with van der Waals surface area (Å²) in [6, 6.07) is 17.0. The number of amides is 2. The first-order valence-corrected chi connectivity index (χ1v) is 8.17. The fraction of sp³-hybridized carbons (Fsp3) is 0.263. The topological polar surface area (TPSA) is 85.9 Å². The molecule has 0 bridgehead atoms. The highest BCUT2D eigenvalue weighted by Gasteiger charge is 2.28. The zero-order valence-corrected chi connectivity index (χ0v) is 14.0. The Morgan fingerprint density at radius 2 is 2.00 bits per heavy atom. The van der Waals surface area contributed by atoms with Gasteiger partial charge in [0.15, 0.2) is 6.10 Å². The van der Waals surface area contributed by atoms with Crippen molar-refractivity contribution in [3.63, 3.8) is 0 Å². The Balaban J connectivity index is 1.55. The maximum Gasteiger partial charge on any atom is 0.312 e. The van der Waals surface area contributed by atoms with Crippen LogP contribution >= 0.6 is 0 Å². The maximum absolute atomic E-state index is 10.9. The molecule has 3 rings (SSSR count). The van der Waals surface area contributed by atoms with E-state index in [1.54, 1.807) is 0 Å². The van der Waals surface area contributed by atoms with Crippen LogP contribution in [0.2, 0.25) is 0 Å². The second kappa shape index (κ2) is 7.70. The summed E-state index contributed by atoms with van der Waals surface area (Å²) < 4.78 is 5.78. The number of nitrogens with two attached hydrogens (primary N) is 1. The molecule has 0 saturated heterocycles. The standard InChI is InChI=1S/C19H21N3O3/c1-13(21-19(20)23)18-11-17(22-25-18)15-7-9-16(10-8-15)24-12-14-5-3-2-4-6-14/h2-10,13,18H,11-12H2,1H3,(H3,20,21,23). The van der Waals surface area contributed by atoms with Crippen molar-refractivity contribution in [2.45, 2.75) is 32.1 Å². The Labute approximate surface area is 146 Å². The van der Waals surface area contributed by atoms with Gasteiger partial charge < -0.3 is 20.6 Å². The average Bonchev–Trinajstić information content (AvgIpc) is 3.11. The summed E-state index contributed by atoms with van der Waals surface area (Å²) in [7, 11) is 0. The van der Waals surface area contributed by atoms with E-state index in [1.165, 1.54) is 0 Å². The summed E-state index contributed by atoms with van der Waals surface area (Å²) >= 11 is 0. The van der Waals surface area contributed by atoms with E-state index in [0.717, 1.165) is 22.6 Å². The smallest absolute Gasteiger partial charge is 0.312 e. The minimum Gasteiger partial charge on any atom is -0.489 e. The largest absolute Gasteiger partial charge is 0.489 e. The first-order chi connectivity index (χ1) is 12.1. The fourth-order valence-corrected chi connectivity index (χ4v) is 2.64. The molecule has 2 aromatic carbocycles. The Kier molecular flexibility index (Phi) is 5.18. The summed E-state index contributed by atoms with van der Waals surface area (Å²) in [6.45, 7) is 2.37. The fourth-order valence-electron chi connectivity index (χ4n) is 2.64. The average molecular weight is 339 g/mol. The molecule has 25 heavy (non-hydrogen) atoms. The Morgan fingerprint density at radius 3 is 2.68 bits per heavy atom. The van der Waals surface area contributed by atoms with Gasteiger partial charge >= 0.3 is 6.03 Å². The van der Waals surface area contributed by atoms with Crippen molar-refractivity contribution in [3.05, 3.63) is 65.7 Å². The predicted molar refractivity (Wildman–Crippen MR) is 95.4 cm³/mol. The molecule has 0 fully saturated rings. The van der Waals surface area contributed by atoms with E-state index in [1.807, 2.05) is 61.5 Å². The Bertz CT molecular complexity index is 744. The lowest BCUT2D eigenvalue weighted by molar-refractivity contribution is 0.0630. The highest BCUT2D eigenvalue weighted by Crippen LogP contribution is 2.21. The van der Waals surface area contributed by atoms with Crippen LogP contribution in [0, 0.1) is 0 Å². The lowest BCUT2D eigenvalue weighted by Gasteiger charge is -2.17. The molecule has 1 aliphatic heterocycles. The number of ether oxygens (including phenoxy) is 1. The SMILES string of the molecule is CC(NC(N)=O)C1CC(c2ccc(OCc3ccccc3)cc2)=NO1. The van der Waals surface area contributed by atoms with Crippen LogP contribution in [0.25, 0.3) is 0 Å². The number of nitrogens with zero attached hydrogens (tertiary/aromatic N) is 1. The molecule has 6 heteroatoms. The molecule has 2 unspecified atom stereocenters. The summed E-state index contributed by atoms with van der Waals surface area (Å²) in [5.74, 6) is 0.799. The molecule has 2 aromatic rings. The van der Waals surface area contributed by atoms with Gasteiger partial charge in [0.05, 0.1) is 11.8 Å². The molecular formula is C19H21N3O3. The number of nitrogens with one attached hydrogen (secondary N) is 1. The van der Waals surface area contributed by atoms with E-state index in [9.17, 15) is 4.79 Å². The molecule has 0 saturated carbocycles. The van der Waals surface area contributed by atoms with Crippen molar-refractivity contribution in [2.75, 3.05) is 0 Å². The van der Waals surface area contributed by atoms with Crippen molar-refractivity contribution in [3.8, 4) is 5.75 Å². The van der Waals surface area contributed by atoms with Crippen molar-refractivity contribution in [2.24, 2.45) is 10.9 Å². The van der Waals surface area contributed by atoms with Gasteiger partial charge in [-0.1, -0.05) is 35.5 Å². The van der Waals surface area contributed by atoms with E-state index in [2.05, 4.69) is 10.5 Å². The maximum atomic E-state index is 10.9. The lowest BCUT2D eigenvalue weighted by atomic mass is 10.0. The van der Waals surface area contributed by atoms with Crippen LogP contribution in [0.1, 0.15) is 24.5 Å². The molecule has 0 spiro atoms. The van der Waals surface area contributed by atoms with Crippen LogP contribution in [0.5, 0.6) is 5.75 Å². The van der Waals surface area contributed by atoms with E-state index >= 15 is 0 Å². The number of rotatable bonds is 6. The summed E-state index contributed by atoms with van der Waals surface area (Å²) in [6.07, 6.45) is 0.405. The van der Waals surface area contributed by atoms with Crippen molar-refractivity contribution < 1.29 is 14.4 Å². The molecule has 1 heterocycles. The summed E-state index contributed by atoms with van der Waals surface area (Å²) in [5, 5.41) is 6.74. The van der Waals surface area contributed by atoms with Crippen LogP contribution in [0.3, 0.4) is 0 Å². The van der Waals surface area contributed by atoms with Crippen molar-refractivity contribution in [1.29, 1.82) is 0 Å². The minimum absolute atomic E-state index is 0.202. The summed E-state index contributed by atoms with van der Waals surface area (Å²) in [4.78, 5) is 16.3. The van der Waals surface area contributed by atoms with Crippen LogP contribution in [-0.4, -0.2) is 23.9 Å². The molecular weight excluding hydrogens is 318 g/mol. The number of oxime groups is 1. The third kappa shape index (κ3) is 4.50. The van der Waals surface area contributed by atoms with Gasteiger partial charge in [0, 0.05) is 6.42 Å². The van der Waals surface area contributed by atoms with Gasteiger partial charge in [-0.25, -0.2) is 4.79 Å². The zero-order valence-electron chi connectivity index (χ0n) is 14.0. The number of hydrogen-bond donors (Lipinski definition) is 2. The molecule has 6 nitrogen and oxygen atoms in total. The van der Waals surface area contributed by atoms with Gasteiger partial charge in [0.2, 0.25) is 0 Å². The third-order valence-corrected chi connectivity index (χ3v) is 4.06. The van der Waals surface area contributed by atoms with Crippen LogP contribution in [-0.2, 0) is 11.4 Å². The molecule has 2 atom stereocenters. The Hall–Kier alpha value is -3.02. The normalized spacial score (nSPS) is 17.3. The first-order valence-electron chi connectivity index (χ1n) is 8.17. The summed E-state index contributed by atoms with van der Waals surface area (Å²) in [5.41, 5.74) is 8.08.